The first-order valence-corrected chi connectivity index (χ1v) is 4.54. The van der Waals surface area contributed by atoms with Gasteiger partial charge in [0.25, 0.3) is 0 Å². The summed E-state index contributed by atoms with van der Waals surface area (Å²) in [7, 11) is 0. The van der Waals surface area contributed by atoms with Gasteiger partial charge in [-0.15, -0.1) is 0 Å². The Kier molecular flexibility index (Phi) is 2.47. The van der Waals surface area contributed by atoms with Crippen LogP contribution < -0.4 is 0 Å². The van der Waals surface area contributed by atoms with Crippen molar-refractivity contribution in [1.82, 2.24) is 4.90 Å². The van der Waals surface area contributed by atoms with Crippen LogP contribution in [-0.2, 0) is 0 Å². The first-order valence-electron chi connectivity index (χ1n) is 4.16. The molecule has 12 heavy (non-hydrogen) atoms. The molecule has 0 amide bonds. The second-order valence-corrected chi connectivity index (χ2v) is 3.78. The number of nitrogens with one attached hydrogen (secondary N) is 1. The lowest BCUT2D eigenvalue weighted by Crippen LogP contribution is -2.38. The van der Waals surface area contributed by atoms with Gasteiger partial charge in [0.05, 0.1) is 17.9 Å². The Labute approximate surface area is 78.7 Å². The molecule has 0 saturated carbocycles. The van der Waals surface area contributed by atoms with Gasteiger partial charge in [-0.2, -0.15) is 0 Å². The van der Waals surface area contributed by atoms with Crippen LogP contribution in [0.5, 0.6) is 0 Å². The van der Waals surface area contributed by atoms with Gasteiger partial charge in [0.1, 0.15) is 0 Å². The fourth-order valence-electron chi connectivity index (χ4n) is 1.78. The second-order valence-electron chi connectivity index (χ2n) is 3.38. The number of hydrogen-bond acceptors (Lipinski definition) is 1. The molecule has 0 fully saturated rings. The van der Waals surface area contributed by atoms with E-state index in [0.717, 1.165) is 5.03 Å². The lowest BCUT2D eigenvalue weighted by atomic mass is 10.2. The molecule has 1 N–H and O–H groups in total. The molecule has 2 unspecified atom stereocenters. The molecule has 0 aromatic rings. The van der Waals surface area contributed by atoms with E-state index in [4.69, 9.17) is 17.0 Å². The zero-order valence-electron chi connectivity index (χ0n) is 7.98. The Bertz CT molecular complexity index is 227. The minimum atomic E-state index is 0.180. The van der Waals surface area contributed by atoms with Crippen molar-refractivity contribution in [3.8, 4) is 0 Å². The summed E-state index contributed by atoms with van der Waals surface area (Å²) >= 11 is 6.09. The van der Waals surface area contributed by atoms with Crippen molar-refractivity contribution in [2.24, 2.45) is 0 Å². The molecule has 1 aliphatic heterocycles. The van der Waals surface area contributed by atoms with Crippen LogP contribution in [0, 0.1) is 5.41 Å². The van der Waals surface area contributed by atoms with Crippen molar-refractivity contribution in [1.29, 1.82) is 5.41 Å². The molecule has 0 aromatic heterocycles. The molecule has 1 aliphatic rings. The normalized spacial score (nSPS) is 29.9. The zero-order valence-corrected chi connectivity index (χ0v) is 8.74. The Balaban J connectivity index is 2.95. The molecule has 0 radical (unpaired) electrons. The van der Waals surface area contributed by atoms with Gasteiger partial charge in [0.15, 0.2) is 0 Å². The summed E-state index contributed by atoms with van der Waals surface area (Å²) in [6.45, 7) is 7.95. The van der Waals surface area contributed by atoms with E-state index in [1.807, 2.05) is 18.7 Å². The fourth-order valence-corrected chi connectivity index (χ4v) is 2.04. The SMILES string of the molecule is CC(=N)N1C(C)C(C)=C(Cl)C1C. The Morgan fingerprint density at radius 3 is 2.08 bits per heavy atom. The molecule has 2 nitrogen and oxygen atoms in total. The van der Waals surface area contributed by atoms with Crippen LogP contribution in [0.1, 0.15) is 27.7 Å². The number of halogens is 1. The molecular weight excluding hydrogens is 172 g/mol. The number of amidine groups is 1. The Morgan fingerprint density at radius 1 is 1.42 bits per heavy atom. The van der Waals surface area contributed by atoms with E-state index in [1.54, 1.807) is 6.92 Å². The highest BCUT2D eigenvalue weighted by Gasteiger charge is 2.32. The molecule has 3 heteroatoms. The molecular formula is C9H15ClN2. The smallest absolute Gasteiger partial charge is 0.0936 e. The minimum absolute atomic E-state index is 0.180. The highest BCUT2D eigenvalue weighted by atomic mass is 35.5. The first kappa shape index (κ1) is 9.59. The number of rotatable bonds is 0. The van der Waals surface area contributed by atoms with Gasteiger partial charge in [0.2, 0.25) is 0 Å². The molecule has 0 saturated heterocycles. The summed E-state index contributed by atoms with van der Waals surface area (Å²) < 4.78 is 0. The minimum Gasteiger partial charge on any atom is -0.347 e. The summed E-state index contributed by atoms with van der Waals surface area (Å²) in [5.41, 5.74) is 1.19. The van der Waals surface area contributed by atoms with Crippen LogP contribution in [0.15, 0.2) is 10.6 Å². The van der Waals surface area contributed by atoms with Gasteiger partial charge in [-0.25, -0.2) is 0 Å². The zero-order chi connectivity index (χ0) is 9.46. The largest absolute Gasteiger partial charge is 0.347 e. The first-order chi connectivity index (χ1) is 5.46. The van der Waals surface area contributed by atoms with Gasteiger partial charge in [0, 0.05) is 5.03 Å². The van der Waals surface area contributed by atoms with Gasteiger partial charge < -0.3 is 4.90 Å². The second kappa shape index (κ2) is 3.09. The fraction of sp³-hybridized carbons (Fsp3) is 0.667. The predicted octanol–water partition coefficient (Wildman–Crippen LogP) is 2.59. The summed E-state index contributed by atoms with van der Waals surface area (Å²) in [6, 6.07) is 0.462. The summed E-state index contributed by atoms with van der Waals surface area (Å²) in [6.07, 6.45) is 0. The van der Waals surface area contributed by atoms with Crippen LogP contribution >= 0.6 is 11.6 Å². The van der Waals surface area contributed by atoms with E-state index >= 15 is 0 Å². The Hall–Kier alpha value is -0.500. The van der Waals surface area contributed by atoms with Crippen molar-refractivity contribution < 1.29 is 0 Å². The third-order valence-corrected chi connectivity index (χ3v) is 3.21. The lowest BCUT2D eigenvalue weighted by molar-refractivity contribution is 0.353. The van der Waals surface area contributed by atoms with Crippen LogP contribution in [0.25, 0.3) is 0 Å². The van der Waals surface area contributed by atoms with Gasteiger partial charge in [-0.05, 0) is 33.3 Å². The van der Waals surface area contributed by atoms with E-state index in [0.29, 0.717) is 5.84 Å². The molecule has 0 bridgehead atoms. The number of hydrogen-bond donors (Lipinski definition) is 1. The molecule has 0 aliphatic carbocycles. The van der Waals surface area contributed by atoms with Crippen LogP contribution in [0.4, 0.5) is 0 Å². The van der Waals surface area contributed by atoms with Crippen molar-refractivity contribution in [3.05, 3.63) is 10.6 Å². The Morgan fingerprint density at radius 2 is 1.92 bits per heavy atom. The van der Waals surface area contributed by atoms with E-state index in [1.165, 1.54) is 5.57 Å². The van der Waals surface area contributed by atoms with Crippen molar-refractivity contribution >= 4 is 17.4 Å². The van der Waals surface area contributed by atoms with Gasteiger partial charge >= 0.3 is 0 Å². The van der Waals surface area contributed by atoms with Crippen LogP contribution in [-0.4, -0.2) is 22.8 Å². The molecule has 68 valence electrons. The highest BCUT2D eigenvalue weighted by molar-refractivity contribution is 6.31. The quantitative estimate of drug-likeness (QED) is 0.457. The maximum atomic E-state index is 7.57. The summed E-state index contributed by atoms with van der Waals surface area (Å²) in [5, 5.41) is 8.47. The molecule has 2 atom stereocenters. The lowest BCUT2D eigenvalue weighted by Gasteiger charge is -2.28. The molecule has 1 rings (SSSR count). The predicted molar refractivity (Wildman–Crippen MR) is 52.7 cm³/mol. The highest BCUT2D eigenvalue weighted by Crippen LogP contribution is 2.32. The monoisotopic (exact) mass is 186 g/mol. The van der Waals surface area contributed by atoms with E-state index in [-0.39, 0.29) is 12.1 Å². The van der Waals surface area contributed by atoms with Crippen molar-refractivity contribution in [2.75, 3.05) is 0 Å². The van der Waals surface area contributed by atoms with Gasteiger partial charge in [-0.3, -0.25) is 5.41 Å². The van der Waals surface area contributed by atoms with Crippen LogP contribution in [0.2, 0.25) is 0 Å². The number of nitrogens with zero attached hydrogens (tertiary/aromatic N) is 1. The topological polar surface area (TPSA) is 27.1 Å². The average molecular weight is 187 g/mol. The average Bonchev–Trinajstić information content (AvgIpc) is 2.16. The molecule has 0 aromatic carbocycles. The maximum Gasteiger partial charge on any atom is 0.0936 e. The van der Waals surface area contributed by atoms with E-state index in [9.17, 15) is 0 Å². The van der Waals surface area contributed by atoms with Crippen LogP contribution in [0.3, 0.4) is 0 Å². The standard InChI is InChI=1S/C9H15ClN2/c1-5-6(2)12(8(4)11)7(3)9(5)10/h6-7,11H,1-4H3. The molecule has 1 heterocycles. The van der Waals surface area contributed by atoms with E-state index in [2.05, 4.69) is 6.92 Å². The molecule has 0 spiro atoms. The third kappa shape index (κ3) is 1.24. The third-order valence-electron chi connectivity index (χ3n) is 2.59. The van der Waals surface area contributed by atoms with Crippen molar-refractivity contribution in [3.63, 3.8) is 0 Å². The van der Waals surface area contributed by atoms with Gasteiger partial charge in [-0.1, -0.05) is 11.6 Å². The summed E-state index contributed by atoms with van der Waals surface area (Å²) in [4.78, 5) is 2.03. The summed E-state index contributed by atoms with van der Waals surface area (Å²) in [5.74, 6) is 0.588. The maximum absolute atomic E-state index is 7.57. The van der Waals surface area contributed by atoms with E-state index < -0.39 is 0 Å². The van der Waals surface area contributed by atoms with Crippen molar-refractivity contribution in [2.45, 2.75) is 39.8 Å².